The number of benzene rings is 1. The number of nitrogens with zero attached hydrogens (tertiary/aromatic N) is 3. The van der Waals surface area contributed by atoms with Gasteiger partial charge in [0.25, 0.3) is 5.56 Å². The number of anilines is 1. The second kappa shape index (κ2) is 16.6. The molecule has 2 aromatic heterocycles. The van der Waals surface area contributed by atoms with Gasteiger partial charge in [0.05, 0.1) is 6.61 Å². The van der Waals surface area contributed by atoms with Crippen LogP contribution >= 0.6 is 0 Å². The van der Waals surface area contributed by atoms with Crippen molar-refractivity contribution in [2.24, 2.45) is 11.7 Å². The van der Waals surface area contributed by atoms with E-state index in [-0.39, 0.29) is 49.2 Å². The Labute approximate surface area is 238 Å². The summed E-state index contributed by atoms with van der Waals surface area (Å²) in [6.07, 6.45) is 6.34. The third-order valence-electron chi connectivity index (χ3n) is 5.58. The summed E-state index contributed by atoms with van der Waals surface area (Å²) in [6.45, 7) is 4.28. The molecule has 0 radical (unpaired) electrons. The molecule has 3 aromatic rings. The zero-order valence-corrected chi connectivity index (χ0v) is 24.0. The standard InChI is InChI=1S/C26H32N4O4.C3H7NO3/c1-18(2)16-19-10-8-11-20-25(19)34-23(28-20)17-30-15-9-12-21(26(30)33)27-22(31)13-6-5-7-14-24(32)29(3)4;4-3(6)7-2-1-5/h7-12,14-15,18H,5-6,13,16-17H2,1-4H3,(H,27,31);5H,1-2H2,(H2,4,6)/b14-7+;. The van der Waals surface area contributed by atoms with Crippen LogP contribution in [0.5, 0.6) is 0 Å². The number of fused-ring (bicyclic) bond motifs is 1. The molecule has 3 amide bonds. The Hall–Kier alpha value is -4.45. The number of hydrogen-bond donors (Lipinski definition) is 3. The molecule has 12 heteroatoms. The number of carbonyl (C=O) groups excluding carboxylic acids is 3. The maximum atomic E-state index is 12.9. The lowest BCUT2D eigenvalue weighted by Crippen LogP contribution is -2.25. The second-order valence-electron chi connectivity index (χ2n) is 9.79. The topological polar surface area (TPSA) is 170 Å². The molecule has 41 heavy (non-hydrogen) atoms. The summed E-state index contributed by atoms with van der Waals surface area (Å²) in [5, 5.41) is 10.7. The largest absolute Gasteiger partial charge is 0.447 e. The number of oxazole rings is 1. The minimum absolute atomic E-state index is 0.0185. The van der Waals surface area contributed by atoms with Gasteiger partial charge < -0.3 is 34.8 Å². The van der Waals surface area contributed by atoms with Crippen LogP contribution in [0.3, 0.4) is 0 Å². The molecular weight excluding hydrogens is 530 g/mol. The van der Waals surface area contributed by atoms with Gasteiger partial charge in [-0.1, -0.05) is 32.1 Å². The van der Waals surface area contributed by atoms with Crippen molar-refractivity contribution in [2.45, 2.75) is 46.1 Å². The van der Waals surface area contributed by atoms with E-state index in [9.17, 15) is 19.2 Å². The van der Waals surface area contributed by atoms with E-state index in [0.29, 0.717) is 24.7 Å². The number of carbonyl (C=O) groups is 3. The Morgan fingerprint density at radius 3 is 2.61 bits per heavy atom. The van der Waals surface area contributed by atoms with E-state index in [1.54, 1.807) is 38.5 Å². The van der Waals surface area contributed by atoms with E-state index in [1.807, 2.05) is 18.2 Å². The molecule has 4 N–H and O–H groups in total. The molecule has 0 saturated carbocycles. The lowest BCUT2D eigenvalue weighted by Gasteiger charge is -2.08. The number of unbranched alkanes of at least 4 members (excludes halogenated alkanes) is 1. The van der Waals surface area contributed by atoms with Gasteiger partial charge in [-0.2, -0.15) is 0 Å². The van der Waals surface area contributed by atoms with Crippen molar-refractivity contribution in [3.63, 3.8) is 0 Å². The number of aromatic nitrogens is 2. The summed E-state index contributed by atoms with van der Waals surface area (Å²) < 4.78 is 11.5. The van der Waals surface area contributed by atoms with Crippen LogP contribution in [0, 0.1) is 5.92 Å². The monoisotopic (exact) mass is 569 g/mol. The molecule has 0 atom stereocenters. The average molecular weight is 570 g/mol. The van der Waals surface area contributed by atoms with Crippen molar-refractivity contribution in [2.75, 3.05) is 32.6 Å². The van der Waals surface area contributed by atoms with E-state index in [2.05, 4.69) is 34.6 Å². The van der Waals surface area contributed by atoms with E-state index < -0.39 is 6.09 Å². The lowest BCUT2D eigenvalue weighted by atomic mass is 10.0. The van der Waals surface area contributed by atoms with Crippen LogP contribution in [0.4, 0.5) is 10.5 Å². The molecule has 0 aliphatic heterocycles. The Morgan fingerprint density at radius 2 is 1.98 bits per heavy atom. The predicted octanol–water partition coefficient (Wildman–Crippen LogP) is 3.06. The number of likely N-dealkylation sites (N-methyl/N-ethyl adjacent to an activating group) is 1. The first-order valence-electron chi connectivity index (χ1n) is 13.3. The van der Waals surface area contributed by atoms with Gasteiger partial charge in [0, 0.05) is 26.7 Å². The third kappa shape index (κ3) is 11.3. The van der Waals surface area contributed by atoms with Crippen LogP contribution in [0.15, 0.2) is 57.9 Å². The third-order valence-corrected chi connectivity index (χ3v) is 5.58. The van der Waals surface area contributed by atoms with E-state index in [4.69, 9.17) is 9.52 Å². The van der Waals surface area contributed by atoms with Crippen molar-refractivity contribution in [3.05, 3.63) is 70.5 Å². The number of hydrogen-bond acceptors (Lipinski definition) is 8. The number of pyridine rings is 1. The average Bonchev–Trinajstić information content (AvgIpc) is 3.33. The molecule has 3 rings (SSSR count). The highest BCUT2D eigenvalue weighted by Gasteiger charge is 2.13. The summed E-state index contributed by atoms with van der Waals surface area (Å²) in [5.41, 5.74) is 7.02. The van der Waals surface area contributed by atoms with Crippen LogP contribution in [0.1, 0.15) is 44.6 Å². The summed E-state index contributed by atoms with van der Waals surface area (Å²) >= 11 is 0. The quantitative estimate of drug-likeness (QED) is 0.221. The van der Waals surface area contributed by atoms with Crippen LogP contribution in [-0.2, 0) is 27.3 Å². The molecule has 0 aliphatic rings. The molecule has 0 fully saturated rings. The van der Waals surface area contributed by atoms with E-state index in [0.717, 1.165) is 23.1 Å². The molecule has 12 nitrogen and oxygen atoms in total. The zero-order chi connectivity index (χ0) is 30.4. The predicted molar refractivity (Wildman–Crippen MR) is 155 cm³/mol. The van der Waals surface area contributed by atoms with Crippen LogP contribution in [0.25, 0.3) is 11.1 Å². The number of aliphatic hydroxyl groups is 1. The number of rotatable bonds is 12. The van der Waals surface area contributed by atoms with Crippen LogP contribution in [0.2, 0.25) is 0 Å². The maximum absolute atomic E-state index is 12.9. The minimum Gasteiger partial charge on any atom is -0.447 e. The molecule has 222 valence electrons. The molecule has 2 heterocycles. The zero-order valence-electron chi connectivity index (χ0n) is 24.0. The van der Waals surface area contributed by atoms with Gasteiger partial charge in [0.1, 0.15) is 24.4 Å². The van der Waals surface area contributed by atoms with Crippen molar-refractivity contribution in [1.29, 1.82) is 0 Å². The Morgan fingerprint density at radius 1 is 1.22 bits per heavy atom. The number of nitrogens with one attached hydrogen (secondary N) is 1. The highest BCUT2D eigenvalue weighted by atomic mass is 16.6. The van der Waals surface area contributed by atoms with Gasteiger partial charge in [0.2, 0.25) is 17.7 Å². The number of ether oxygens (including phenoxy) is 1. The van der Waals surface area contributed by atoms with Crippen molar-refractivity contribution in [1.82, 2.24) is 14.5 Å². The molecule has 0 unspecified atom stereocenters. The van der Waals surface area contributed by atoms with Crippen LogP contribution < -0.4 is 16.6 Å². The van der Waals surface area contributed by atoms with Crippen LogP contribution in [-0.4, -0.2) is 64.8 Å². The van der Waals surface area contributed by atoms with Gasteiger partial charge in [-0.05, 0) is 55.0 Å². The number of amides is 3. The first kappa shape index (κ1) is 32.8. The molecular formula is C29H39N5O7. The smallest absolute Gasteiger partial charge is 0.404 e. The number of para-hydroxylation sites is 1. The van der Waals surface area contributed by atoms with Crippen molar-refractivity contribution in [3.8, 4) is 0 Å². The van der Waals surface area contributed by atoms with Gasteiger partial charge in [-0.3, -0.25) is 14.4 Å². The molecule has 0 spiro atoms. The van der Waals surface area contributed by atoms with Gasteiger partial charge in [-0.15, -0.1) is 0 Å². The maximum Gasteiger partial charge on any atom is 0.404 e. The highest BCUT2D eigenvalue weighted by Crippen LogP contribution is 2.23. The highest BCUT2D eigenvalue weighted by molar-refractivity contribution is 5.90. The van der Waals surface area contributed by atoms with Gasteiger partial charge in [0.15, 0.2) is 5.58 Å². The number of aliphatic hydroxyl groups excluding tert-OH is 1. The molecule has 0 bridgehead atoms. The molecule has 0 aliphatic carbocycles. The minimum atomic E-state index is -0.853. The number of primary amides is 1. The number of allylic oxidation sites excluding steroid dienone is 1. The summed E-state index contributed by atoms with van der Waals surface area (Å²) in [7, 11) is 3.36. The van der Waals surface area contributed by atoms with E-state index in [1.165, 1.54) is 15.5 Å². The summed E-state index contributed by atoms with van der Waals surface area (Å²) in [6, 6.07) is 9.19. The first-order valence-corrected chi connectivity index (χ1v) is 13.3. The van der Waals surface area contributed by atoms with Gasteiger partial charge >= 0.3 is 6.09 Å². The Bertz CT molecular complexity index is 1390. The van der Waals surface area contributed by atoms with Crippen molar-refractivity contribution >= 4 is 34.7 Å². The second-order valence-corrected chi connectivity index (χ2v) is 9.79. The number of nitrogens with two attached hydrogens (primary N) is 1. The molecule has 0 saturated heterocycles. The Kier molecular flexibility index (Phi) is 13.3. The summed E-state index contributed by atoms with van der Waals surface area (Å²) in [5.74, 6) is 0.584. The fraction of sp³-hybridized carbons (Fsp3) is 0.414. The SMILES string of the molecule is CC(C)Cc1cccc2nc(Cn3cccc(NC(=O)CCC/C=C/C(=O)N(C)C)c3=O)oc12.NC(=O)OCCO. The lowest BCUT2D eigenvalue weighted by molar-refractivity contribution is -0.123. The normalized spacial score (nSPS) is 10.9. The van der Waals surface area contributed by atoms with Gasteiger partial charge in [-0.25, -0.2) is 9.78 Å². The molecule has 1 aromatic carbocycles. The van der Waals surface area contributed by atoms with Crippen molar-refractivity contribution < 1.29 is 28.6 Å². The fourth-order valence-corrected chi connectivity index (χ4v) is 3.70. The Balaban J connectivity index is 0.000000745. The fourth-order valence-electron chi connectivity index (χ4n) is 3.70. The van der Waals surface area contributed by atoms with E-state index >= 15 is 0 Å². The summed E-state index contributed by atoms with van der Waals surface area (Å²) in [4.78, 5) is 52.3. The first-order chi connectivity index (χ1) is 19.5.